The van der Waals surface area contributed by atoms with Crippen molar-refractivity contribution < 1.29 is 19.4 Å². The number of primary amides is 1. The van der Waals surface area contributed by atoms with Crippen LogP contribution in [0.1, 0.15) is 6.92 Å². The van der Waals surface area contributed by atoms with Gasteiger partial charge >= 0.3 is 6.03 Å². The lowest BCUT2D eigenvalue weighted by Gasteiger charge is -2.19. The average Bonchev–Trinajstić information content (AvgIpc) is 2.21. The molecule has 89 valence electrons. The fraction of sp³-hybridized carbons (Fsp3) is 0.778. The molecule has 0 aromatic rings. The van der Waals surface area contributed by atoms with E-state index in [0.717, 1.165) is 0 Å². The van der Waals surface area contributed by atoms with Crippen molar-refractivity contribution >= 4 is 6.03 Å². The van der Waals surface area contributed by atoms with Crippen molar-refractivity contribution in [2.75, 3.05) is 39.5 Å². The summed E-state index contributed by atoms with van der Waals surface area (Å²) in [6.45, 7) is 5.18. The molecule has 1 radical (unpaired) electrons. The zero-order valence-corrected chi connectivity index (χ0v) is 9.02. The van der Waals surface area contributed by atoms with Gasteiger partial charge in [0.25, 0.3) is 0 Å². The third kappa shape index (κ3) is 8.17. The van der Waals surface area contributed by atoms with Crippen molar-refractivity contribution in [3.05, 3.63) is 6.61 Å². The largest absolute Gasteiger partial charge is 0.394 e. The monoisotopic (exact) mass is 219 g/mol. The highest BCUT2D eigenvalue weighted by molar-refractivity contribution is 5.71. The van der Waals surface area contributed by atoms with Gasteiger partial charge < -0.3 is 25.2 Å². The van der Waals surface area contributed by atoms with E-state index >= 15 is 0 Å². The molecule has 0 saturated carbocycles. The summed E-state index contributed by atoms with van der Waals surface area (Å²) in [5.41, 5.74) is 5.15. The van der Waals surface area contributed by atoms with Gasteiger partial charge in [-0.05, 0) is 6.92 Å². The first-order valence-electron chi connectivity index (χ1n) is 4.84. The second-order valence-corrected chi connectivity index (χ2v) is 2.77. The quantitative estimate of drug-likeness (QED) is 0.515. The van der Waals surface area contributed by atoms with Crippen LogP contribution in [0, 0.1) is 6.61 Å². The molecule has 0 aliphatic heterocycles. The Morgan fingerprint density at radius 1 is 1.40 bits per heavy atom. The summed E-state index contributed by atoms with van der Waals surface area (Å²) in [6.07, 6.45) is 0. The van der Waals surface area contributed by atoms with Crippen molar-refractivity contribution in [3.8, 4) is 0 Å². The molecule has 3 N–H and O–H groups in total. The highest BCUT2D eigenvalue weighted by Gasteiger charge is 2.08. The predicted molar refractivity (Wildman–Crippen MR) is 55.0 cm³/mol. The standard InChI is InChI=1S/C9H19N2O4/c1-2-14-6-3-11(9(10)13)4-7-15-8-5-12/h2,12H,3-8H2,1H3,(H2,10,13). The minimum absolute atomic E-state index is 0.0233. The number of aliphatic hydroxyl groups is 1. The number of carbonyl (C=O) groups is 1. The van der Waals surface area contributed by atoms with Crippen LogP contribution in [0.4, 0.5) is 4.79 Å². The highest BCUT2D eigenvalue weighted by Crippen LogP contribution is 1.90. The summed E-state index contributed by atoms with van der Waals surface area (Å²) in [5.74, 6) is 0. The molecule has 0 rings (SSSR count). The molecule has 6 nitrogen and oxygen atoms in total. The number of aliphatic hydroxyl groups excluding tert-OH is 1. The molecule has 2 amide bonds. The Hall–Kier alpha value is -0.850. The Labute approximate surface area is 89.9 Å². The molecule has 0 aromatic heterocycles. The van der Waals surface area contributed by atoms with E-state index in [0.29, 0.717) is 26.3 Å². The molecule has 0 bridgehead atoms. The van der Waals surface area contributed by atoms with E-state index < -0.39 is 6.03 Å². The van der Waals surface area contributed by atoms with Crippen LogP contribution in [0.25, 0.3) is 0 Å². The molecule has 15 heavy (non-hydrogen) atoms. The van der Waals surface area contributed by atoms with Crippen LogP contribution < -0.4 is 5.73 Å². The van der Waals surface area contributed by atoms with Crippen LogP contribution in [-0.2, 0) is 9.47 Å². The van der Waals surface area contributed by atoms with Crippen molar-refractivity contribution in [2.45, 2.75) is 6.92 Å². The average molecular weight is 219 g/mol. The molecule has 0 fully saturated rings. The first-order valence-corrected chi connectivity index (χ1v) is 4.84. The Morgan fingerprint density at radius 3 is 2.60 bits per heavy atom. The van der Waals surface area contributed by atoms with Crippen LogP contribution in [0.5, 0.6) is 0 Å². The summed E-state index contributed by atoms with van der Waals surface area (Å²) in [7, 11) is 0. The molecule has 0 spiro atoms. The topological polar surface area (TPSA) is 85.0 Å². The molecule has 0 saturated heterocycles. The van der Waals surface area contributed by atoms with E-state index in [4.69, 9.17) is 20.3 Å². The van der Waals surface area contributed by atoms with Gasteiger partial charge in [-0.25, -0.2) is 4.79 Å². The number of hydrogen-bond donors (Lipinski definition) is 2. The number of urea groups is 1. The number of carbonyl (C=O) groups excluding carboxylic acids is 1. The summed E-state index contributed by atoms with van der Waals surface area (Å²) in [5, 5.41) is 8.46. The smallest absolute Gasteiger partial charge is 0.314 e. The van der Waals surface area contributed by atoms with E-state index in [-0.39, 0.29) is 13.2 Å². The molecular weight excluding hydrogens is 200 g/mol. The van der Waals surface area contributed by atoms with E-state index in [1.54, 1.807) is 13.5 Å². The van der Waals surface area contributed by atoms with E-state index in [1.165, 1.54) is 4.90 Å². The minimum Gasteiger partial charge on any atom is -0.394 e. The Bertz CT molecular complexity index is 166. The zero-order valence-electron chi connectivity index (χ0n) is 9.02. The second kappa shape index (κ2) is 9.70. The van der Waals surface area contributed by atoms with Crippen molar-refractivity contribution in [3.63, 3.8) is 0 Å². The molecule has 0 unspecified atom stereocenters. The summed E-state index contributed by atoms with van der Waals surface area (Å²) in [6, 6.07) is -0.498. The maximum Gasteiger partial charge on any atom is 0.314 e. The summed E-state index contributed by atoms with van der Waals surface area (Å²) >= 11 is 0. The van der Waals surface area contributed by atoms with E-state index in [9.17, 15) is 4.79 Å². The Balaban J connectivity index is 3.59. The van der Waals surface area contributed by atoms with Gasteiger partial charge in [-0.1, -0.05) is 0 Å². The minimum atomic E-state index is -0.498. The third-order valence-electron chi connectivity index (χ3n) is 1.70. The van der Waals surface area contributed by atoms with Crippen molar-refractivity contribution in [1.29, 1.82) is 0 Å². The molecule has 0 atom stereocenters. The van der Waals surface area contributed by atoms with Crippen molar-refractivity contribution in [1.82, 2.24) is 4.90 Å². The maximum atomic E-state index is 10.9. The highest BCUT2D eigenvalue weighted by atomic mass is 16.5. The van der Waals surface area contributed by atoms with E-state index in [2.05, 4.69) is 0 Å². The first kappa shape index (κ1) is 14.2. The molecular formula is C9H19N2O4. The number of amides is 2. The van der Waals surface area contributed by atoms with Gasteiger partial charge in [-0.15, -0.1) is 0 Å². The van der Waals surface area contributed by atoms with Gasteiger partial charge in [0.2, 0.25) is 0 Å². The molecule has 0 heterocycles. The second-order valence-electron chi connectivity index (χ2n) is 2.77. The van der Waals surface area contributed by atoms with Crippen LogP contribution in [0.3, 0.4) is 0 Å². The fourth-order valence-electron chi connectivity index (χ4n) is 0.954. The van der Waals surface area contributed by atoms with Gasteiger partial charge in [-0.2, -0.15) is 0 Å². The Kier molecular flexibility index (Phi) is 9.15. The van der Waals surface area contributed by atoms with Gasteiger partial charge in [-0.3, -0.25) is 0 Å². The predicted octanol–water partition coefficient (Wildman–Crippen LogP) is -0.426. The van der Waals surface area contributed by atoms with Gasteiger partial charge in [0, 0.05) is 13.1 Å². The number of nitrogens with two attached hydrogens (primary N) is 1. The fourth-order valence-corrected chi connectivity index (χ4v) is 0.954. The van der Waals surface area contributed by atoms with Crippen molar-refractivity contribution in [2.24, 2.45) is 5.73 Å². The lowest BCUT2D eigenvalue weighted by molar-refractivity contribution is 0.0745. The number of rotatable bonds is 9. The van der Waals surface area contributed by atoms with Crippen LogP contribution in [0.2, 0.25) is 0 Å². The van der Waals surface area contributed by atoms with Crippen LogP contribution in [0.15, 0.2) is 0 Å². The summed E-state index contributed by atoms with van der Waals surface area (Å²) < 4.78 is 10.0. The molecule has 0 aromatic carbocycles. The molecule has 0 aliphatic rings. The lowest BCUT2D eigenvalue weighted by atomic mass is 10.5. The van der Waals surface area contributed by atoms with Gasteiger partial charge in [0.15, 0.2) is 0 Å². The van der Waals surface area contributed by atoms with Gasteiger partial charge in [0.05, 0.1) is 33.0 Å². The summed E-state index contributed by atoms with van der Waals surface area (Å²) in [4.78, 5) is 12.4. The van der Waals surface area contributed by atoms with Gasteiger partial charge in [0.1, 0.15) is 0 Å². The number of nitrogens with zero attached hydrogens (tertiary/aromatic N) is 1. The number of ether oxygens (including phenoxy) is 2. The zero-order chi connectivity index (χ0) is 11.5. The number of hydrogen-bond acceptors (Lipinski definition) is 4. The SMILES string of the molecule is C[CH]OCCN(CCOCCO)C(N)=O. The van der Waals surface area contributed by atoms with E-state index in [1.807, 2.05) is 0 Å². The third-order valence-corrected chi connectivity index (χ3v) is 1.70. The Morgan fingerprint density at radius 2 is 2.07 bits per heavy atom. The lowest BCUT2D eigenvalue weighted by Crippen LogP contribution is -2.40. The normalized spacial score (nSPS) is 10.3. The van der Waals surface area contributed by atoms with Crippen LogP contribution in [-0.4, -0.2) is 55.6 Å². The maximum absolute atomic E-state index is 10.9. The molecule has 6 heteroatoms. The first-order chi connectivity index (χ1) is 7.22. The molecule has 0 aliphatic carbocycles. The van der Waals surface area contributed by atoms with Crippen LogP contribution >= 0.6 is 0 Å².